The molecule has 0 saturated carbocycles. The minimum Gasteiger partial charge on any atom is -0.494 e. The normalized spacial score (nSPS) is 10.9. The van der Waals surface area contributed by atoms with Gasteiger partial charge in [-0.3, -0.25) is 14.0 Å². The average molecular weight is 577 g/mol. The summed E-state index contributed by atoms with van der Waals surface area (Å²) in [6, 6.07) is 12.9. The summed E-state index contributed by atoms with van der Waals surface area (Å²) in [5.74, 6) is 0.689. The van der Waals surface area contributed by atoms with Crippen LogP contribution in [0.25, 0.3) is 16.7 Å². The van der Waals surface area contributed by atoms with Gasteiger partial charge in [-0.1, -0.05) is 24.8 Å². The fourth-order valence-electron chi connectivity index (χ4n) is 4.28. The number of anilines is 4. The molecule has 4 rings (SSSR count). The van der Waals surface area contributed by atoms with Crippen molar-refractivity contribution >= 4 is 57.5 Å². The van der Waals surface area contributed by atoms with Crippen molar-refractivity contribution in [2.24, 2.45) is 0 Å². The van der Waals surface area contributed by atoms with Gasteiger partial charge in [-0.15, -0.1) is 0 Å². The van der Waals surface area contributed by atoms with Gasteiger partial charge >= 0.3 is 0 Å². The Bertz CT molecular complexity index is 1580. The maximum absolute atomic E-state index is 12.7. The Morgan fingerprint density at radius 2 is 1.85 bits per heavy atom. The van der Waals surface area contributed by atoms with Gasteiger partial charge < -0.3 is 29.7 Å². The molecule has 41 heavy (non-hydrogen) atoms. The van der Waals surface area contributed by atoms with Crippen molar-refractivity contribution in [1.82, 2.24) is 23.9 Å². The molecule has 0 radical (unpaired) electrons. The second-order valence-corrected chi connectivity index (χ2v) is 10.1. The Balaban J connectivity index is 1.73. The lowest BCUT2D eigenvalue weighted by atomic mass is 10.1. The van der Waals surface area contributed by atoms with E-state index in [1.807, 2.05) is 60.9 Å². The topological polar surface area (TPSA) is 108 Å². The van der Waals surface area contributed by atoms with Crippen molar-refractivity contribution in [2.75, 3.05) is 63.9 Å². The van der Waals surface area contributed by atoms with Crippen LogP contribution < -0.4 is 20.3 Å². The molecule has 2 aromatic heterocycles. The second kappa shape index (κ2) is 12.7. The smallest absolute Gasteiger partial charge is 0.270 e. The van der Waals surface area contributed by atoms with Gasteiger partial charge in [0.15, 0.2) is 0 Å². The van der Waals surface area contributed by atoms with Gasteiger partial charge in [0, 0.05) is 62.8 Å². The first-order chi connectivity index (χ1) is 19.6. The van der Waals surface area contributed by atoms with Crippen molar-refractivity contribution in [2.45, 2.75) is 0 Å². The molecule has 2 N–H and O–H groups in total. The summed E-state index contributed by atoms with van der Waals surface area (Å²) in [6.45, 7) is 5.11. The van der Waals surface area contributed by atoms with E-state index in [1.165, 1.54) is 13.1 Å². The highest BCUT2D eigenvalue weighted by atomic mass is 35.5. The molecule has 2 aromatic carbocycles. The zero-order valence-electron chi connectivity index (χ0n) is 23.7. The van der Waals surface area contributed by atoms with E-state index >= 15 is 0 Å². The lowest BCUT2D eigenvalue weighted by Crippen LogP contribution is -2.29. The molecule has 11 nitrogen and oxygen atoms in total. The van der Waals surface area contributed by atoms with Crippen molar-refractivity contribution < 1.29 is 14.3 Å². The highest BCUT2D eigenvalue weighted by Gasteiger charge is 2.20. The molecular weight excluding hydrogens is 544 g/mol. The number of fused-ring (bicyclic) bond motifs is 1. The predicted octanol–water partition coefficient (Wildman–Crippen LogP) is 4.52. The number of hydrogen-bond donors (Lipinski definition) is 2. The predicted molar refractivity (Wildman–Crippen MR) is 164 cm³/mol. The van der Waals surface area contributed by atoms with Crippen molar-refractivity contribution in [3.05, 3.63) is 73.1 Å². The van der Waals surface area contributed by atoms with Crippen molar-refractivity contribution in [3.8, 4) is 11.6 Å². The molecule has 0 aliphatic carbocycles. The number of halogens is 1. The number of aromatic nitrogens is 3. The molecule has 0 aliphatic heterocycles. The summed E-state index contributed by atoms with van der Waals surface area (Å²) in [4.78, 5) is 38.2. The molecule has 0 fully saturated rings. The lowest BCUT2D eigenvalue weighted by molar-refractivity contribution is -0.111. The zero-order chi connectivity index (χ0) is 29.7. The highest BCUT2D eigenvalue weighted by molar-refractivity contribution is 6.25. The van der Waals surface area contributed by atoms with Gasteiger partial charge in [-0.25, -0.2) is 4.98 Å². The number of rotatable bonds is 11. The van der Waals surface area contributed by atoms with Gasteiger partial charge in [0.05, 0.1) is 35.3 Å². The molecule has 0 saturated heterocycles. The number of ether oxygens (including phenoxy) is 1. The minimum absolute atomic E-state index is 0.288. The maximum atomic E-state index is 12.7. The van der Waals surface area contributed by atoms with Crippen LogP contribution in [0.4, 0.5) is 23.0 Å². The van der Waals surface area contributed by atoms with Gasteiger partial charge in [0.2, 0.25) is 11.9 Å². The van der Waals surface area contributed by atoms with Crippen LogP contribution in [0, 0.1) is 0 Å². The van der Waals surface area contributed by atoms with Crippen LogP contribution in [0.15, 0.2) is 67.5 Å². The fourth-order valence-corrected chi connectivity index (χ4v) is 4.37. The molecule has 0 spiro atoms. The van der Waals surface area contributed by atoms with Crippen molar-refractivity contribution in [1.29, 1.82) is 0 Å². The average Bonchev–Trinajstić information content (AvgIpc) is 3.35. The molecule has 2 amide bonds. The molecule has 0 bridgehead atoms. The molecule has 0 unspecified atom stereocenters. The zero-order valence-corrected chi connectivity index (χ0v) is 24.4. The number of benzene rings is 2. The first-order valence-electron chi connectivity index (χ1n) is 12.8. The van der Waals surface area contributed by atoms with Crippen LogP contribution >= 0.6 is 11.8 Å². The number of carbonyl (C=O) groups is 2. The Hall–Kier alpha value is -4.61. The Morgan fingerprint density at radius 1 is 1.10 bits per heavy atom. The largest absolute Gasteiger partial charge is 0.494 e. The molecule has 0 atom stereocenters. The second-order valence-electron chi connectivity index (χ2n) is 9.56. The monoisotopic (exact) mass is 576 g/mol. The number of methoxy groups -OCH3 is 1. The van der Waals surface area contributed by atoms with E-state index < -0.39 is 0 Å². The number of nitrogens with one attached hydrogen (secondary N) is 2. The number of carbonyl (C=O) groups excluding carboxylic acids is 2. The van der Waals surface area contributed by atoms with Crippen molar-refractivity contribution in [3.63, 3.8) is 0 Å². The number of hydrogen-bond acceptors (Lipinski definition) is 8. The van der Waals surface area contributed by atoms with E-state index in [9.17, 15) is 9.59 Å². The third-order valence-electron chi connectivity index (χ3n) is 6.41. The van der Waals surface area contributed by atoms with Crippen LogP contribution in [0.1, 0.15) is 10.4 Å². The summed E-state index contributed by atoms with van der Waals surface area (Å²) in [5, 5.41) is 6.85. The van der Waals surface area contributed by atoms with Gasteiger partial charge in [-0.2, -0.15) is 4.98 Å². The summed E-state index contributed by atoms with van der Waals surface area (Å²) in [7, 11) is 9.02. The van der Waals surface area contributed by atoms with Crippen LogP contribution in [-0.2, 0) is 4.79 Å². The number of amides is 2. The fraction of sp³-hybridized carbons (Fsp3) is 0.241. The molecule has 4 aromatic rings. The molecule has 0 aliphatic rings. The standard InChI is InChI=1S/C29H33ClN8O3/c1-7-27(39)32-21-16-22(25(41-6)17-24(21)36(4)15-14-35(2)3)33-29-31-13-12-26(34-29)38-18-20(28(40)37(5)30)19-10-8-9-11-23(19)38/h7-13,16-18H,1,14-15H2,2-6H3,(H,32,39)(H,31,33,34). The molecule has 2 heterocycles. The first kappa shape index (κ1) is 29.4. The van der Waals surface area contributed by atoms with E-state index in [0.29, 0.717) is 28.5 Å². The third kappa shape index (κ3) is 6.59. The van der Waals surface area contributed by atoms with Crippen LogP contribution in [0.2, 0.25) is 0 Å². The van der Waals surface area contributed by atoms with Gasteiger partial charge in [-0.05, 0) is 38.4 Å². The summed E-state index contributed by atoms with van der Waals surface area (Å²) in [5.41, 5.74) is 3.13. The number of nitrogens with zero attached hydrogens (tertiary/aromatic N) is 6. The molecule has 214 valence electrons. The number of likely N-dealkylation sites (N-methyl/N-ethyl adjacent to an activating group) is 2. The van der Waals surface area contributed by atoms with Crippen LogP contribution in [0.3, 0.4) is 0 Å². The number of para-hydroxylation sites is 1. The maximum Gasteiger partial charge on any atom is 0.270 e. The lowest BCUT2D eigenvalue weighted by Gasteiger charge is -2.26. The Labute approximate surface area is 244 Å². The Morgan fingerprint density at radius 3 is 2.54 bits per heavy atom. The van der Waals surface area contributed by atoms with E-state index in [-0.39, 0.29) is 17.8 Å². The SMILES string of the molecule is C=CC(=O)Nc1cc(Nc2nccc(-n3cc(C(=O)N(C)Cl)c4ccccc43)n2)c(OC)cc1N(C)CCN(C)C. The van der Waals surface area contributed by atoms with Crippen LogP contribution in [0.5, 0.6) is 5.75 Å². The third-order valence-corrected chi connectivity index (χ3v) is 6.56. The van der Waals surface area contributed by atoms with Crippen LogP contribution in [-0.4, -0.2) is 84.1 Å². The Kier molecular flexibility index (Phi) is 9.10. The van der Waals surface area contributed by atoms with Gasteiger partial charge in [0.25, 0.3) is 5.91 Å². The first-order valence-corrected chi connectivity index (χ1v) is 13.1. The van der Waals surface area contributed by atoms with E-state index in [4.69, 9.17) is 21.5 Å². The van der Waals surface area contributed by atoms with Gasteiger partial charge in [0.1, 0.15) is 11.6 Å². The summed E-state index contributed by atoms with van der Waals surface area (Å²) < 4.78 is 8.53. The summed E-state index contributed by atoms with van der Waals surface area (Å²) >= 11 is 5.97. The highest BCUT2D eigenvalue weighted by Crippen LogP contribution is 2.38. The molecule has 12 heteroatoms. The van der Waals surface area contributed by atoms with E-state index in [2.05, 4.69) is 27.1 Å². The summed E-state index contributed by atoms with van der Waals surface area (Å²) in [6.07, 6.45) is 4.54. The molecular formula is C29H33ClN8O3. The van der Waals surface area contributed by atoms with E-state index in [0.717, 1.165) is 34.1 Å². The quantitative estimate of drug-likeness (QED) is 0.198. The van der Waals surface area contributed by atoms with E-state index in [1.54, 1.807) is 31.6 Å². The minimum atomic E-state index is -0.339.